The van der Waals surface area contributed by atoms with Gasteiger partial charge >= 0.3 is 5.97 Å². The lowest BCUT2D eigenvalue weighted by atomic mass is 10.1. The number of anilines is 1. The zero-order valence-corrected chi connectivity index (χ0v) is 21.7. The molecule has 0 amide bonds. The minimum absolute atomic E-state index is 0. The van der Waals surface area contributed by atoms with Crippen molar-refractivity contribution in [1.29, 1.82) is 0 Å². The van der Waals surface area contributed by atoms with Crippen LogP contribution in [0.25, 0.3) is 0 Å². The van der Waals surface area contributed by atoms with Crippen LogP contribution in [0.3, 0.4) is 0 Å². The number of phenols is 1. The Morgan fingerprint density at radius 3 is 2.03 bits per heavy atom. The molecule has 2 rings (SSSR count). The van der Waals surface area contributed by atoms with Gasteiger partial charge in [-0.1, -0.05) is 6.07 Å². The zero-order chi connectivity index (χ0) is 25.5. The van der Waals surface area contributed by atoms with Crippen LogP contribution >= 0.6 is 12.4 Å². The number of hydrogen-bond donors (Lipinski definition) is 2. The molecule has 0 aromatic heterocycles. The molecule has 11 nitrogen and oxygen atoms in total. The Hall–Kier alpha value is -2.71. The first-order valence-electron chi connectivity index (χ1n) is 9.90. The summed E-state index contributed by atoms with van der Waals surface area (Å²) in [5.74, 6) is -1.63. The van der Waals surface area contributed by atoms with E-state index in [2.05, 4.69) is 4.99 Å². The minimum Gasteiger partial charge on any atom is -0.507 e. The maximum Gasteiger partial charge on any atom is 0.339 e. The predicted molar refractivity (Wildman–Crippen MR) is 135 cm³/mol. The summed E-state index contributed by atoms with van der Waals surface area (Å²) < 4.78 is 54.6. The standard InChI is InChI=1S/C21H26N2O9S2.ClH/c1-15-12-18(23(8-10-31-33(2,27)28)9-11-32-34(3,29)30)6-4-16(15)14-22-17-5-7-19(21(25)26)20(24)13-17;/h4-7,12-14,24H,8-11H2,1-3H3,(H,25,26);1H. The fourth-order valence-electron chi connectivity index (χ4n) is 2.89. The summed E-state index contributed by atoms with van der Waals surface area (Å²) in [5.41, 5.74) is 2.38. The SMILES string of the molecule is Cc1cc(N(CCOS(C)(=O)=O)CCOS(C)(=O)=O)ccc1C=Nc1ccc(C(=O)O)c(O)c1.Cl. The van der Waals surface area contributed by atoms with E-state index >= 15 is 0 Å². The number of aryl methyl sites for hydroxylation is 1. The number of halogens is 1. The highest BCUT2D eigenvalue weighted by Gasteiger charge is 2.12. The molecule has 14 heteroatoms. The van der Waals surface area contributed by atoms with Crippen molar-refractivity contribution in [3.05, 3.63) is 53.1 Å². The number of carboxylic acid groups (broad SMARTS) is 1. The van der Waals surface area contributed by atoms with Gasteiger partial charge in [0.25, 0.3) is 20.2 Å². The molecule has 0 heterocycles. The Bertz CT molecular complexity index is 1240. The van der Waals surface area contributed by atoms with E-state index in [1.54, 1.807) is 23.2 Å². The molecular weight excluding hydrogens is 524 g/mol. The molecule has 2 aromatic carbocycles. The average molecular weight is 551 g/mol. The van der Waals surface area contributed by atoms with Crippen LogP contribution in [0.2, 0.25) is 0 Å². The van der Waals surface area contributed by atoms with E-state index in [0.717, 1.165) is 23.6 Å². The van der Waals surface area contributed by atoms with E-state index in [-0.39, 0.29) is 44.3 Å². The molecule has 0 fully saturated rings. The third-order valence-corrected chi connectivity index (χ3v) is 5.69. The average Bonchev–Trinajstić information content (AvgIpc) is 2.69. The molecular formula is C21H27ClN2O9S2. The third kappa shape index (κ3) is 10.6. The molecule has 194 valence electrons. The first-order chi connectivity index (χ1) is 15.7. The topological polar surface area (TPSA) is 160 Å². The summed E-state index contributed by atoms with van der Waals surface area (Å²) in [5, 5.41) is 18.8. The largest absolute Gasteiger partial charge is 0.507 e. The smallest absolute Gasteiger partial charge is 0.339 e. The van der Waals surface area contributed by atoms with Gasteiger partial charge in [-0.15, -0.1) is 12.4 Å². The molecule has 0 aliphatic rings. The molecule has 2 N–H and O–H groups in total. The fourth-order valence-corrected chi connectivity index (χ4v) is 3.65. The van der Waals surface area contributed by atoms with E-state index in [1.807, 2.05) is 13.0 Å². The van der Waals surface area contributed by atoms with Crippen LogP contribution in [0, 0.1) is 6.92 Å². The zero-order valence-electron chi connectivity index (χ0n) is 19.2. The lowest BCUT2D eigenvalue weighted by molar-refractivity contribution is 0.0693. The second-order valence-corrected chi connectivity index (χ2v) is 10.6. The molecule has 0 aliphatic heterocycles. The van der Waals surface area contributed by atoms with E-state index in [0.29, 0.717) is 11.4 Å². The Morgan fingerprint density at radius 1 is 1.00 bits per heavy atom. The number of aliphatic imine (C=N–C) groups is 1. The lowest BCUT2D eigenvalue weighted by Crippen LogP contribution is -2.32. The highest BCUT2D eigenvalue weighted by atomic mass is 35.5. The molecule has 0 atom stereocenters. The van der Waals surface area contributed by atoms with Crippen LogP contribution in [0.4, 0.5) is 11.4 Å². The lowest BCUT2D eigenvalue weighted by Gasteiger charge is -2.25. The van der Waals surface area contributed by atoms with E-state index in [4.69, 9.17) is 13.5 Å². The molecule has 0 radical (unpaired) electrons. The predicted octanol–water partition coefficient (Wildman–Crippen LogP) is 2.33. The van der Waals surface area contributed by atoms with Crippen molar-refractivity contribution in [2.24, 2.45) is 4.99 Å². The number of carboxylic acids is 1. The van der Waals surface area contributed by atoms with Gasteiger partial charge in [-0.05, 0) is 42.3 Å². The molecule has 0 unspecified atom stereocenters. The molecule has 2 aromatic rings. The summed E-state index contributed by atoms with van der Waals surface area (Å²) in [7, 11) is -7.25. The van der Waals surface area contributed by atoms with Gasteiger partial charge in [0.2, 0.25) is 0 Å². The van der Waals surface area contributed by atoms with Crippen LogP contribution in [-0.4, -0.2) is 78.0 Å². The van der Waals surface area contributed by atoms with Gasteiger partial charge in [0.15, 0.2) is 0 Å². The summed E-state index contributed by atoms with van der Waals surface area (Å²) in [6.07, 6.45) is 3.44. The summed E-state index contributed by atoms with van der Waals surface area (Å²) in [6, 6.07) is 9.30. The normalized spacial score (nSPS) is 11.9. The van der Waals surface area contributed by atoms with Crippen molar-refractivity contribution in [3.63, 3.8) is 0 Å². The van der Waals surface area contributed by atoms with Gasteiger partial charge in [0, 0.05) is 31.1 Å². The number of carbonyl (C=O) groups is 1. The Kier molecular flexibility index (Phi) is 11.1. The summed E-state index contributed by atoms with van der Waals surface area (Å²) in [4.78, 5) is 17.0. The molecule has 0 saturated carbocycles. The monoisotopic (exact) mass is 550 g/mol. The number of aromatic hydroxyl groups is 1. The van der Waals surface area contributed by atoms with Crippen LogP contribution in [-0.2, 0) is 28.6 Å². The highest BCUT2D eigenvalue weighted by molar-refractivity contribution is 7.86. The van der Waals surface area contributed by atoms with Gasteiger partial charge in [-0.25, -0.2) is 4.79 Å². The van der Waals surface area contributed by atoms with Crippen molar-refractivity contribution in [2.45, 2.75) is 6.92 Å². The third-order valence-electron chi connectivity index (χ3n) is 4.50. The van der Waals surface area contributed by atoms with E-state index in [9.17, 15) is 26.7 Å². The molecule has 0 spiro atoms. The van der Waals surface area contributed by atoms with Crippen molar-refractivity contribution < 1.29 is 40.2 Å². The Labute approximate surface area is 210 Å². The number of rotatable bonds is 12. The van der Waals surface area contributed by atoms with Gasteiger partial charge < -0.3 is 15.1 Å². The maximum atomic E-state index is 11.3. The summed E-state index contributed by atoms with van der Waals surface area (Å²) in [6.45, 7) is 1.91. The van der Waals surface area contributed by atoms with Crippen LogP contribution in [0.15, 0.2) is 41.4 Å². The summed E-state index contributed by atoms with van der Waals surface area (Å²) >= 11 is 0. The quantitative estimate of drug-likeness (QED) is 0.296. The number of nitrogens with zero attached hydrogens (tertiary/aromatic N) is 2. The van der Waals surface area contributed by atoms with Crippen molar-refractivity contribution >= 4 is 56.2 Å². The van der Waals surface area contributed by atoms with Gasteiger partial charge in [0.05, 0.1) is 31.4 Å². The van der Waals surface area contributed by atoms with Crippen LogP contribution < -0.4 is 4.90 Å². The molecule has 0 aliphatic carbocycles. The van der Waals surface area contributed by atoms with Crippen LogP contribution in [0.1, 0.15) is 21.5 Å². The Balaban J connectivity index is 0.00000612. The van der Waals surface area contributed by atoms with E-state index in [1.165, 1.54) is 18.2 Å². The van der Waals surface area contributed by atoms with Gasteiger partial charge in [-0.2, -0.15) is 16.8 Å². The first kappa shape index (κ1) is 30.3. The maximum absolute atomic E-state index is 11.3. The highest BCUT2D eigenvalue weighted by Crippen LogP contribution is 2.24. The van der Waals surface area contributed by atoms with Crippen LogP contribution in [0.5, 0.6) is 5.75 Å². The second kappa shape index (κ2) is 12.8. The van der Waals surface area contributed by atoms with Gasteiger partial charge in [0.1, 0.15) is 11.3 Å². The van der Waals surface area contributed by atoms with E-state index < -0.39 is 32.0 Å². The van der Waals surface area contributed by atoms with Crippen molar-refractivity contribution in [3.8, 4) is 5.75 Å². The Morgan fingerprint density at radius 2 is 1.57 bits per heavy atom. The molecule has 0 saturated heterocycles. The number of benzene rings is 2. The fraction of sp³-hybridized carbons (Fsp3) is 0.333. The number of hydrogen-bond acceptors (Lipinski definition) is 10. The molecule has 0 bridgehead atoms. The minimum atomic E-state index is -3.63. The van der Waals surface area contributed by atoms with Crippen molar-refractivity contribution in [1.82, 2.24) is 0 Å². The second-order valence-electron chi connectivity index (χ2n) is 7.34. The first-order valence-corrected chi connectivity index (χ1v) is 13.5. The van der Waals surface area contributed by atoms with Crippen molar-refractivity contribution in [2.75, 3.05) is 43.7 Å². The number of aromatic carboxylic acids is 1. The molecule has 35 heavy (non-hydrogen) atoms. The van der Waals surface area contributed by atoms with Gasteiger partial charge in [-0.3, -0.25) is 13.4 Å².